The standard InChI is InChI=1S/C24H35N5.HI/c1-19(22-11-8-12-23(16-22)29-13-5-6-14-29)27-24(25-2)26-17-20-9-7-10-21(15-20)18-28(3)4;/h7-12,15-16,19H,5-6,13-14,17-18H2,1-4H3,(H2,25,26,27);1H. The quantitative estimate of drug-likeness (QED) is 0.322. The van der Waals surface area contributed by atoms with E-state index in [1.165, 1.54) is 48.3 Å². The number of anilines is 1. The molecule has 1 atom stereocenters. The molecule has 1 unspecified atom stereocenters. The van der Waals surface area contributed by atoms with Crippen molar-refractivity contribution in [3.05, 3.63) is 65.2 Å². The Kier molecular flexibility index (Phi) is 9.91. The van der Waals surface area contributed by atoms with E-state index in [0.717, 1.165) is 19.0 Å². The minimum atomic E-state index is 0. The number of halogens is 1. The van der Waals surface area contributed by atoms with Crippen molar-refractivity contribution in [2.24, 2.45) is 4.99 Å². The van der Waals surface area contributed by atoms with Gasteiger partial charge in [0.15, 0.2) is 5.96 Å². The summed E-state index contributed by atoms with van der Waals surface area (Å²) in [6, 6.07) is 17.8. The summed E-state index contributed by atoms with van der Waals surface area (Å²) >= 11 is 0. The van der Waals surface area contributed by atoms with Crippen molar-refractivity contribution in [3.63, 3.8) is 0 Å². The van der Waals surface area contributed by atoms with Gasteiger partial charge in [-0.2, -0.15) is 0 Å². The molecule has 1 aliphatic heterocycles. The molecule has 1 saturated heterocycles. The van der Waals surface area contributed by atoms with Crippen LogP contribution < -0.4 is 15.5 Å². The number of aliphatic imine (C=N–C) groups is 1. The summed E-state index contributed by atoms with van der Waals surface area (Å²) in [6.45, 7) is 6.23. The second-order valence-electron chi connectivity index (χ2n) is 8.14. The fraction of sp³-hybridized carbons (Fsp3) is 0.458. The Morgan fingerprint density at radius 1 is 1.07 bits per heavy atom. The predicted molar refractivity (Wildman–Crippen MR) is 139 cm³/mol. The first kappa shape index (κ1) is 24.5. The number of rotatable bonds is 7. The fourth-order valence-corrected chi connectivity index (χ4v) is 3.84. The lowest BCUT2D eigenvalue weighted by Crippen LogP contribution is -2.38. The summed E-state index contributed by atoms with van der Waals surface area (Å²) in [5.74, 6) is 0.821. The lowest BCUT2D eigenvalue weighted by atomic mass is 10.1. The van der Waals surface area contributed by atoms with E-state index in [2.05, 4.69) is 95.0 Å². The van der Waals surface area contributed by atoms with Crippen LogP contribution in [0.25, 0.3) is 0 Å². The number of hydrogen-bond donors (Lipinski definition) is 2. The third kappa shape index (κ3) is 7.16. The molecule has 0 aromatic heterocycles. The van der Waals surface area contributed by atoms with Gasteiger partial charge in [0.2, 0.25) is 0 Å². The zero-order valence-electron chi connectivity index (χ0n) is 18.7. The maximum Gasteiger partial charge on any atom is 0.191 e. The van der Waals surface area contributed by atoms with Crippen LogP contribution in [0.3, 0.4) is 0 Å². The summed E-state index contributed by atoms with van der Waals surface area (Å²) < 4.78 is 0. The molecule has 0 bridgehead atoms. The molecule has 1 heterocycles. The molecule has 3 rings (SSSR count). The van der Waals surface area contributed by atoms with Crippen LogP contribution in [0.15, 0.2) is 53.5 Å². The van der Waals surface area contributed by atoms with Crippen LogP contribution in [0.2, 0.25) is 0 Å². The number of guanidine groups is 1. The molecule has 0 radical (unpaired) electrons. The Morgan fingerprint density at radius 3 is 2.47 bits per heavy atom. The van der Waals surface area contributed by atoms with Gasteiger partial charge in [-0.05, 0) is 62.7 Å². The Hall–Kier alpha value is -1.80. The molecule has 0 amide bonds. The lowest BCUT2D eigenvalue weighted by molar-refractivity contribution is 0.402. The zero-order chi connectivity index (χ0) is 20.6. The molecule has 0 aliphatic carbocycles. The van der Waals surface area contributed by atoms with E-state index in [0.29, 0.717) is 0 Å². The summed E-state index contributed by atoms with van der Waals surface area (Å²) in [5.41, 5.74) is 5.19. The first-order valence-corrected chi connectivity index (χ1v) is 10.6. The molecule has 30 heavy (non-hydrogen) atoms. The highest BCUT2D eigenvalue weighted by Crippen LogP contribution is 2.24. The molecule has 2 N–H and O–H groups in total. The van der Waals surface area contributed by atoms with Gasteiger partial charge in [-0.25, -0.2) is 0 Å². The topological polar surface area (TPSA) is 42.9 Å². The van der Waals surface area contributed by atoms with Gasteiger partial charge in [0, 0.05) is 38.9 Å². The molecule has 0 spiro atoms. The number of nitrogens with zero attached hydrogens (tertiary/aromatic N) is 3. The zero-order valence-corrected chi connectivity index (χ0v) is 21.0. The van der Waals surface area contributed by atoms with Crippen LogP contribution in [0.4, 0.5) is 5.69 Å². The van der Waals surface area contributed by atoms with Crippen molar-refractivity contribution in [1.29, 1.82) is 0 Å². The van der Waals surface area contributed by atoms with Crippen molar-refractivity contribution in [3.8, 4) is 0 Å². The first-order valence-electron chi connectivity index (χ1n) is 10.6. The molecular formula is C24H36IN5. The van der Waals surface area contributed by atoms with Gasteiger partial charge in [-0.3, -0.25) is 4.99 Å². The Labute approximate surface area is 199 Å². The maximum absolute atomic E-state index is 4.42. The van der Waals surface area contributed by atoms with Gasteiger partial charge >= 0.3 is 0 Å². The molecule has 6 heteroatoms. The van der Waals surface area contributed by atoms with E-state index >= 15 is 0 Å². The van der Waals surface area contributed by atoms with Crippen molar-refractivity contribution >= 4 is 35.6 Å². The van der Waals surface area contributed by atoms with Crippen molar-refractivity contribution in [2.75, 3.05) is 39.1 Å². The summed E-state index contributed by atoms with van der Waals surface area (Å²) in [7, 11) is 6.01. The molecule has 5 nitrogen and oxygen atoms in total. The third-order valence-corrected chi connectivity index (χ3v) is 5.37. The van der Waals surface area contributed by atoms with Gasteiger partial charge in [0.05, 0.1) is 6.04 Å². The van der Waals surface area contributed by atoms with E-state index in [-0.39, 0.29) is 30.0 Å². The van der Waals surface area contributed by atoms with Gasteiger partial charge < -0.3 is 20.4 Å². The van der Waals surface area contributed by atoms with E-state index in [9.17, 15) is 0 Å². The van der Waals surface area contributed by atoms with Crippen LogP contribution in [0.1, 0.15) is 42.5 Å². The van der Waals surface area contributed by atoms with Crippen molar-refractivity contribution in [1.82, 2.24) is 15.5 Å². The second kappa shape index (κ2) is 12.2. The highest BCUT2D eigenvalue weighted by molar-refractivity contribution is 14.0. The predicted octanol–water partition coefficient (Wildman–Crippen LogP) is 4.39. The molecule has 2 aromatic carbocycles. The molecule has 2 aromatic rings. The van der Waals surface area contributed by atoms with E-state index in [1.54, 1.807) is 0 Å². The van der Waals surface area contributed by atoms with Crippen LogP contribution in [0, 0.1) is 0 Å². The summed E-state index contributed by atoms with van der Waals surface area (Å²) in [4.78, 5) is 9.08. The Balaban J connectivity index is 0.00000320. The minimum Gasteiger partial charge on any atom is -0.372 e. The highest BCUT2D eigenvalue weighted by Gasteiger charge is 2.14. The normalized spacial score (nSPS) is 15.1. The number of hydrogen-bond acceptors (Lipinski definition) is 3. The van der Waals surface area contributed by atoms with Crippen molar-refractivity contribution in [2.45, 2.75) is 38.9 Å². The SMILES string of the molecule is CN=C(NCc1cccc(CN(C)C)c1)NC(C)c1cccc(N2CCCC2)c1.I. The largest absolute Gasteiger partial charge is 0.372 e. The van der Waals surface area contributed by atoms with E-state index < -0.39 is 0 Å². The second-order valence-corrected chi connectivity index (χ2v) is 8.14. The smallest absolute Gasteiger partial charge is 0.191 e. The summed E-state index contributed by atoms with van der Waals surface area (Å²) in [6.07, 6.45) is 2.59. The van der Waals surface area contributed by atoms with Gasteiger partial charge in [0.1, 0.15) is 0 Å². The van der Waals surface area contributed by atoms with Crippen LogP contribution in [-0.2, 0) is 13.1 Å². The monoisotopic (exact) mass is 521 g/mol. The van der Waals surface area contributed by atoms with Gasteiger partial charge in [-0.1, -0.05) is 36.4 Å². The lowest BCUT2D eigenvalue weighted by Gasteiger charge is -2.22. The third-order valence-electron chi connectivity index (χ3n) is 5.37. The molecule has 164 valence electrons. The van der Waals surface area contributed by atoms with Gasteiger partial charge in [-0.15, -0.1) is 24.0 Å². The van der Waals surface area contributed by atoms with Crippen LogP contribution in [-0.4, -0.2) is 45.1 Å². The number of benzene rings is 2. The first-order chi connectivity index (χ1) is 14.0. The highest BCUT2D eigenvalue weighted by atomic mass is 127. The van der Waals surface area contributed by atoms with Crippen LogP contribution in [0.5, 0.6) is 0 Å². The van der Waals surface area contributed by atoms with Gasteiger partial charge in [0.25, 0.3) is 0 Å². The van der Waals surface area contributed by atoms with Crippen LogP contribution >= 0.6 is 24.0 Å². The van der Waals surface area contributed by atoms with E-state index in [4.69, 9.17) is 0 Å². The molecule has 1 fully saturated rings. The Morgan fingerprint density at radius 2 is 1.77 bits per heavy atom. The minimum absolute atomic E-state index is 0. The Bertz CT molecular complexity index is 815. The fourth-order valence-electron chi connectivity index (χ4n) is 3.84. The molecule has 1 aliphatic rings. The summed E-state index contributed by atoms with van der Waals surface area (Å²) in [5, 5.41) is 6.98. The number of nitrogens with one attached hydrogen (secondary N) is 2. The molecular weight excluding hydrogens is 485 g/mol. The van der Waals surface area contributed by atoms with E-state index in [1.807, 2.05) is 7.05 Å². The average Bonchev–Trinajstić information content (AvgIpc) is 3.26. The maximum atomic E-state index is 4.42. The average molecular weight is 521 g/mol. The van der Waals surface area contributed by atoms with Crippen molar-refractivity contribution < 1.29 is 0 Å². The molecule has 0 saturated carbocycles.